The summed E-state index contributed by atoms with van der Waals surface area (Å²) in [6.07, 6.45) is 6.95. The topological polar surface area (TPSA) is 30.3 Å². The molecule has 2 rings (SSSR count). The van der Waals surface area contributed by atoms with Crippen LogP contribution in [0.5, 0.6) is 0 Å². The van der Waals surface area contributed by atoms with Crippen LogP contribution in [0.1, 0.15) is 39.0 Å². The van der Waals surface area contributed by atoms with E-state index in [0.29, 0.717) is 12.1 Å². The highest BCUT2D eigenvalue weighted by Crippen LogP contribution is 2.33. The molecule has 0 amide bonds. The standard InChI is InChI=1S/C13H23N3/c1-13(5-3-2-4-6-13)16-11-9-15(8-7-14)10-12-16/h2-6,8-12H2,1H3. The summed E-state index contributed by atoms with van der Waals surface area (Å²) >= 11 is 0. The van der Waals surface area contributed by atoms with Crippen LogP contribution in [0.2, 0.25) is 0 Å². The van der Waals surface area contributed by atoms with Gasteiger partial charge in [-0.05, 0) is 19.8 Å². The van der Waals surface area contributed by atoms with Gasteiger partial charge in [-0.1, -0.05) is 19.3 Å². The van der Waals surface area contributed by atoms with E-state index >= 15 is 0 Å². The third-order valence-electron chi connectivity index (χ3n) is 4.36. The molecule has 1 aliphatic heterocycles. The number of nitrogens with zero attached hydrogens (tertiary/aromatic N) is 3. The van der Waals surface area contributed by atoms with E-state index < -0.39 is 0 Å². The molecule has 0 aromatic heterocycles. The Morgan fingerprint density at radius 1 is 1.06 bits per heavy atom. The van der Waals surface area contributed by atoms with E-state index in [-0.39, 0.29) is 0 Å². The number of hydrogen-bond donors (Lipinski definition) is 0. The van der Waals surface area contributed by atoms with Crippen LogP contribution in [0.25, 0.3) is 0 Å². The zero-order valence-corrected chi connectivity index (χ0v) is 10.4. The van der Waals surface area contributed by atoms with Crippen LogP contribution >= 0.6 is 0 Å². The Hall–Kier alpha value is -0.590. The van der Waals surface area contributed by atoms with Crippen molar-refractivity contribution >= 4 is 0 Å². The van der Waals surface area contributed by atoms with Gasteiger partial charge in [-0.2, -0.15) is 5.26 Å². The molecular formula is C13H23N3. The van der Waals surface area contributed by atoms with Crippen molar-refractivity contribution in [3.05, 3.63) is 0 Å². The van der Waals surface area contributed by atoms with E-state index in [1.807, 2.05) is 0 Å². The molecule has 0 N–H and O–H groups in total. The molecule has 2 aliphatic rings. The second kappa shape index (κ2) is 5.16. The minimum Gasteiger partial charge on any atom is -0.295 e. The first-order valence-corrected chi connectivity index (χ1v) is 6.59. The van der Waals surface area contributed by atoms with Gasteiger partial charge in [0, 0.05) is 31.7 Å². The molecule has 1 saturated carbocycles. The lowest BCUT2D eigenvalue weighted by Gasteiger charge is -2.47. The molecule has 0 bridgehead atoms. The summed E-state index contributed by atoms with van der Waals surface area (Å²) in [6.45, 7) is 7.49. The molecule has 1 heterocycles. The van der Waals surface area contributed by atoms with Gasteiger partial charge in [0.25, 0.3) is 0 Å². The normalized spacial score (nSPS) is 27.5. The summed E-state index contributed by atoms with van der Waals surface area (Å²) in [5.74, 6) is 0. The van der Waals surface area contributed by atoms with Crippen LogP contribution in [-0.4, -0.2) is 48.1 Å². The Labute approximate surface area is 99.0 Å². The van der Waals surface area contributed by atoms with E-state index in [9.17, 15) is 0 Å². The molecule has 2 fully saturated rings. The predicted octanol–water partition coefficient (Wildman–Crippen LogP) is 1.85. The smallest absolute Gasteiger partial charge is 0.0866 e. The van der Waals surface area contributed by atoms with E-state index in [4.69, 9.17) is 5.26 Å². The minimum atomic E-state index is 0.455. The molecule has 0 spiro atoms. The zero-order valence-electron chi connectivity index (χ0n) is 10.4. The lowest BCUT2D eigenvalue weighted by Crippen LogP contribution is -2.56. The average molecular weight is 221 g/mol. The average Bonchev–Trinajstić information content (AvgIpc) is 2.31. The first kappa shape index (κ1) is 11.9. The maximum absolute atomic E-state index is 8.68. The fourth-order valence-electron chi connectivity index (χ4n) is 3.18. The predicted molar refractivity (Wildman–Crippen MR) is 65.1 cm³/mol. The van der Waals surface area contributed by atoms with Gasteiger partial charge in [0.05, 0.1) is 12.6 Å². The molecule has 0 radical (unpaired) electrons. The Bertz CT molecular complexity index is 255. The first-order valence-electron chi connectivity index (χ1n) is 6.59. The highest BCUT2D eigenvalue weighted by Gasteiger charge is 2.34. The van der Waals surface area contributed by atoms with Crippen LogP contribution < -0.4 is 0 Å². The number of rotatable bonds is 2. The highest BCUT2D eigenvalue weighted by atomic mass is 15.3. The number of piperazine rings is 1. The molecule has 1 aliphatic carbocycles. The first-order chi connectivity index (χ1) is 7.74. The highest BCUT2D eigenvalue weighted by molar-refractivity contribution is 4.92. The second-order valence-corrected chi connectivity index (χ2v) is 5.48. The summed E-state index contributed by atoms with van der Waals surface area (Å²) in [6, 6.07) is 2.25. The van der Waals surface area contributed by atoms with Crippen LogP contribution in [0, 0.1) is 11.3 Å². The maximum Gasteiger partial charge on any atom is 0.0866 e. The summed E-state index contributed by atoms with van der Waals surface area (Å²) in [5.41, 5.74) is 0.455. The lowest BCUT2D eigenvalue weighted by molar-refractivity contribution is 0.0227. The van der Waals surface area contributed by atoms with Crippen molar-refractivity contribution in [1.29, 1.82) is 5.26 Å². The van der Waals surface area contributed by atoms with E-state index in [0.717, 1.165) is 26.2 Å². The van der Waals surface area contributed by atoms with Gasteiger partial charge in [0.2, 0.25) is 0 Å². The van der Waals surface area contributed by atoms with Crippen LogP contribution in [0.3, 0.4) is 0 Å². The van der Waals surface area contributed by atoms with Crippen molar-refractivity contribution < 1.29 is 0 Å². The van der Waals surface area contributed by atoms with Crippen LogP contribution in [-0.2, 0) is 0 Å². The maximum atomic E-state index is 8.68. The third kappa shape index (κ3) is 2.56. The molecule has 16 heavy (non-hydrogen) atoms. The van der Waals surface area contributed by atoms with Crippen LogP contribution in [0.15, 0.2) is 0 Å². The molecule has 1 saturated heterocycles. The summed E-state index contributed by atoms with van der Waals surface area (Å²) in [7, 11) is 0. The molecule has 3 nitrogen and oxygen atoms in total. The van der Waals surface area contributed by atoms with Crippen molar-refractivity contribution in [2.45, 2.75) is 44.6 Å². The van der Waals surface area contributed by atoms with E-state index in [1.54, 1.807) is 0 Å². The Balaban J connectivity index is 1.86. The van der Waals surface area contributed by atoms with Crippen molar-refractivity contribution in [2.24, 2.45) is 0 Å². The van der Waals surface area contributed by atoms with Crippen molar-refractivity contribution in [3.8, 4) is 6.07 Å². The zero-order chi connectivity index (χ0) is 11.4. The molecule has 0 unspecified atom stereocenters. The van der Waals surface area contributed by atoms with Crippen molar-refractivity contribution in [1.82, 2.24) is 9.80 Å². The fourth-order valence-corrected chi connectivity index (χ4v) is 3.18. The molecule has 0 aromatic rings. The van der Waals surface area contributed by atoms with Gasteiger partial charge in [-0.15, -0.1) is 0 Å². The summed E-state index contributed by atoms with van der Waals surface area (Å²) in [5, 5.41) is 8.68. The quantitative estimate of drug-likeness (QED) is 0.667. The molecule has 90 valence electrons. The third-order valence-corrected chi connectivity index (χ3v) is 4.36. The van der Waals surface area contributed by atoms with Crippen molar-refractivity contribution in [2.75, 3.05) is 32.7 Å². The monoisotopic (exact) mass is 221 g/mol. The minimum absolute atomic E-state index is 0.455. The van der Waals surface area contributed by atoms with E-state index in [2.05, 4.69) is 22.8 Å². The van der Waals surface area contributed by atoms with E-state index in [1.165, 1.54) is 32.1 Å². The molecular weight excluding hydrogens is 198 g/mol. The largest absolute Gasteiger partial charge is 0.295 e. The second-order valence-electron chi connectivity index (χ2n) is 5.48. The van der Waals surface area contributed by atoms with Gasteiger partial charge in [-0.3, -0.25) is 9.80 Å². The van der Waals surface area contributed by atoms with Gasteiger partial charge < -0.3 is 0 Å². The SMILES string of the molecule is CC1(N2CCN(CC#N)CC2)CCCCC1. The fraction of sp³-hybridized carbons (Fsp3) is 0.923. The Kier molecular flexibility index (Phi) is 3.83. The van der Waals surface area contributed by atoms with Crippen molar-refractivity contribution in [3.63, 3.8) is 0 Å². The van der Waals surface area contributed by atoms with Gasteiger partial charge >= 0.3 is 0 Å². The van der Waals surface area contributed by atoms with Crippen LogP contribution in [0.4, 0.5) is 0 Å². The van der Waals surface area contributed by atoms with Gasteiger partial charge in [0.15, 0.2) is 0 Å². The molecule has 0 atom stereocenters. The summed E-state index contributed by atoms with van der Waals surface area (Å²) < 4.78 is 0. The number of nitriles is 1. The lowest BCUT2D eigenvalue weighted by atomic mass is 9.81. The number of hydrogen-bond acceptors (Lipinski definition) is 3. The Morgan fingerprint density at radius 3 is 2.25 bits per heavy atom. The van der Waals surface area contributed by atoms with Gasteiger partial charge in [-0.25, -0.2) is 0 Å². The summed E-state index contributed by atoms with van der Waals surface area (Å²) in [4.78, 5) is 4.93. The Morgan fingerprint density at radius 2 is 1.69 bits per heavy atom. The molecule has 3 heteroatoms. The van der Waals surface area contributed by atoms with Gasteiger partial charge in [0.1, 0.15) is 0 Å². The molecule has 0 aromatic carbocycles.